The van der Waals surface area contributed by atoms with Crippen molar-refractivity contribution in [3.63, 3.8) is 0 Å². The van der Waals surface area contributed by atoms with Crippen molar-refractivity contribution < 1.29 is 24.1 Å². The molecule has 1 atom stereocenters. The molecule has 1 aliphatic rings. The highest BCUT2D eigenvalue weighted by molar-refractivity contribution is 5.68. The highest BCUT2D eigenvalue weighted by Gasteiger charge is 2.32. The molecule has 1 N–H and O–H groups in total. The van der Waals surface area contributed by atoms with Crippen LogP contribution in [0, 0.1) is 0 Å². The first kappa shape index (κ1) is 11.7. The third kappa shape index (κ3) is 3.07. The van der Waals surface area contributed by atoms with Crippen LogP contribution in [0.25, 0.3) is 0 Å². The fourth-order valence-electron chi connectivity index (χ4n) is 1.29. The van der Waals surface area contributed by atoms with E-state index in [1.807, 2.05) is 0 Å². The smallest absolute Gasteiger partial charge is 0.329 e. The van der Waals surface area contributed by atoms with Crippen LogP contribution in [-0.4, -0.2) is 37.7 Å². The van der Waals surface area contributed by atoms with Crippen LogP contribution in [-0.2, 0) is 19.0 Å². The molecule has 0 amide bonds. The largest absolute Gasteiger partial charge is 0.501 e. The molecule has 0 saturated carbocycles. The Bertz CT molecular complexity index is 294. The van der Waals surface area contributed by atoms with E-state index in [4.69, 9.17) is 19.3 Å². The summed E-state index contributed by atoms with van der Waals surface area (Å²) in [5.74, 6) is -1.38. The lowest BCUT2D eigenvalue weighted by Gasteiger charge is -2.30. The number of carboxylic acids is 1. The molecule has 0 bridgehead atoms. The van der Waals surface area contributed by atoms with Gasteiger partial charge in [0.1, 0.15) is 12.4 Å². The molecule has 1 unspecified atom stereocenters. The summed E-state index contributed by atoms with van der Waals surface area (Å²) in [6.07, 6.45) is 5.53. The van der Waals surface area contributed by atoms with Gasteiger partial charge < -0.3 is 19.3 Å². The molecular weight excluding hydrogens is 200 g/mol. The summed E-state index contributed by atoms with van der Waals surface area (Å²) < 4.78 is 15.4. The van der Waals surface area contributed by atoms with Crippen molar-refractivity contribution >= 4 is 5.97 Å². The van der Waals surface area contributed by atoms with Crippen molar-refractivity contribution in [2.45, 2.75) is 12.2 Å². The van der Waals surface area contributed by atoms with Crippen LogP contribution in [0.2, 0.25) is 0 Å². The molecule has 1 aliphatic carbocycles. The van der Waals surface area contributed by atoms with E-state index in [9.17, 15) is 4.79 Å². The Morgan fingerprint density at radius 3 is 2.87 bits per heavy atom. The molecule has 1 rings (SSSR count). The van der Waals surface area contributed by atoms with Crippen LogP contribution >= 0.6 is 0 Å². The van der Waals surface area contributed by atoms with Crippen LogP contribution in [0.3, 0.4) is 0 Å². The van der Waals surface area contributed by atoms with Gasteiger partial charge in [0.05, 0.1) is 13.5 Å². The summed E-state index contributed by atoms with van der Waals surface area (Å²) in [5.41, 5.74) is 0. The summed E-state index contributed by atoms with van der Waals surface area (Å²) in [7, 11) is 3.01. The molecule has 0 radical (unpaired) electrons. The second-order valence-electron chi connectivity index (χ2n) is 3.07. The van der Waals surface area contributed by atoms with Gasteiger partial charge >= 0.3 is 5.97 Å². The van der Waals surface area contributed by atoms with Crippen molar-refractivity contribution in [1.82, 2.24) is 0 Å². The van der Waals surface area contributed by atoms with Gasteiger partial charge in [0, 0.05) is 7.11 Å². The molecule has 5 nitrogen and oxygen atoms in total. The van der Waals surface area contributed by atoms with Crippen LogP contribution < -0.4 is 0 Å². The number of allylic oxidation sites excluding steroid dienone is 2. The number of rotatable bonds is 5. The molecule has 0 aromatic heterocycles. The Hall–Kier alpha value is -1.33. The van der Waals surface area contributed by atoms with Crippen molar-refractivity contribution in [1.29, 1.82) is 0 Å². The van der Waals surface area contributed by atoms with Crippen LogP contribution in [0.1, 0.15) is 6.42 Å². The molecule has 0 fully saturated rings. The lowest BCUT2D eigenvalue weighted by Crippen LogP contribution is -2.36. The lowest BCUT2D eigenvalue weighted by molar-refractivity contribution is -0.200. The van der Waals surface area contributed by atoms with Gasteiger partial charge in [0.2, 0.25) is 0 Å². The van der Waals surface area contributed by atoms with E-state index in [2.05, 4.69) is 0 Å². The third-order valence-corrected chi connectivity index (χ3v) is 2.10. The predicted molar refractivity (Wildman–Crippen MR) is 52.2 cm³/mol. The maximum absolute atomic E-state index is 10.4. The van der Waals surface area contributed by atoms with Gasteiger partial charge in [-0.25, -0.2) is 4.79 Å². The number of ether oxygens (including phenoxy) is 3. The standard InChI is InChI=1S/C10H14O5/c1-13-8-4-3-5-10(6-8,14-2)15-7-9(11)12/h3-5H,6-7H2,1-2H3,(H,11,12). The van der Waals surface area contributed by atoms with Gasteiger partial charge in [-0.05, 0) is 12.2 Å². The quantitative estimate of drug-likeness (QED) is 0.689. The SMILES string of the molecule is COC1=CC=CC(OC)(OCC(=O)O)C1. The number of methoxy groups -OCH3 is 2. The molecule has 15 heavy (non-hydrogen) atoms. The first-order valence-corrected chi connectivity index (χ1v) is 4.45. The molecule has 0 saturated heterocycles. The molecule has 0 aromatic rings. The Kier molecular flexibility index (Phi) is 3.88. The number of carbonyl (C=O) groups is 1. The van der Waals surface area contributed by atoms with E-state index in [1.165, 1.54) is 7.11 Å². The Morgan fingerprint density at radius 1 is 1.60 bits per heavy atom. The normalized spacial score (nSPS) is 24.8. The molecule has 0 aliphatic heterocycles. The molecule has 0 aromatic carbocycles. The van der Waals surface area contributed by atoms with Crippen molar-refractivity contribution in [2.75, 3.05) is 20.8 Å². The summed E-state index contributed by atoms with van der Waals surface area (Å²) in [6, 6.07) is 0. The second kappa shape index (κ2) is 4.95. The van der Waals surface area contributed by atoms with E-state index in [1.54, 1.807) is 25.3 Å². The van der Waals surface area contributed by atoms with Gasteiger partial charge in [-0.15, -0.1) is 0 Å². The van der Waals surface area contributed by atoms with Crippen LogP contribution in [0.15, 0.2) is 24.0 Å². The van der Waals surface area contributed by atoms with Gasteiger partial charge in [-0.1, -0.05) is 6.08 Å². The average molecular weight is 214 g/mol. The maximum Gasteiger partial charge on any atom is 0.329 e. The Labute approximate surface area is 87.9 Å². The molecular formula is C10H14O5. The van der Waals surface area contributed by atoms with E-state index in [-0.39, 0.29) is 0 Å². The first-order chi connectivity index (χ1) is 7.12. The van der Waals surface area contributed by atoms with Gasteiger partial charge in [-0.2, -0.15) is 0 Å². The fraction of sp³-hybridized carbons (Fsp3) is 0.500. The lowest BCUT2D eigenvalue weighted by atomic mass is 10.1. The Morgan fingerprint density at radius 2 is 2.33 bits per heavy atom. The average Bonchev–Trinajstić information content (AvgIpc) is 2.26. The van der Waals surface area contributed by atoms with E-state index >= 15 is 0 Å². The predicted octanol–water partition coefficient (Wildman–Crippen LogP) is 0.920. The third-order valence-electron chi connectivity index (χ3n) is 2.10. The van der Waals surface area contributed by atoms with Gasteiger partial charge in [-0.3, -0.25) is 0 Å². The van der Waals surface area contributed by atoms with Gasteiger partial charge in [0.15, 0.2) is 5.79 Å². The summed E-state index contributed by atoms with van der Waals surface area (Å²) >= 11 is 0. The van der Waals surface area contributed by atoms with E-state index < -0.39 is 18.4 Å². The molecule has 0 spiro atoms. The molecule has 0 heterocycles. The first-order valence-electron chi connectivity index (χ1n) is 4.45. The fourth-order valence-corrected chi connectivity index (χ4v) is 1.29. The minimum Gasteiger partial charge on any atom is -0.501 e. The number of hydrogen-bond acceptors (Lipinski definition) is 4. The van der Waals surface area contributed by atoms with Crippen molar-refractivity contribution in [3.05, 3.63) is 24.0 Å². The second-order valence-corrected chi connectivity index (χ2v) is 3.07. The van der Waals surface area contributed by atoms with Crippen molar-refractivity contribution in [2.24, 2.45) is 0 Å². The molecule has 5 heteroatoms. The maximum atomic E-state index is 10.4. The minimum absolute atomic E-state index is 0.365. The monoisotopic (exact) mass is 214 g/mol. The number of aliphatic carboxylic acids is 1. The highest BCUT2D eigenvalue weighted by Crippen LogP contribution is 2.27. The minimum atomic E-state index is -1.03. The van der Waals surface area contributed by atoms with Crippen molar-refractivity contribution in [3.8, 4) is 0 Å². The number of hydrogen-bond donors (Lipinski definition) is 1. The summed E-state index contributed by atoms with van der Waals surface area (Å²) in [5, 5.41) is 8.53. The van der Waals surface area contributed by atoms with E-state index in [0.717, 1.165) is 0 Å². The summed E-state index contributed by atoms with van der Waals surface area (Å²) in [6.45, 7) is -0.408. The topological polar surface area (TPSA) is 65.0 Å². The molecule has 84 valence electrons. The zero-order chi connectivity index (χ0) is 11.3. The van der Waals surface area contributed by atoms with Gasteiger partial charge in [0.25, 0.3) is 0 Å². The number of carboxylic acid groups (broad SMARTS) is 1. The zero-order valence-electron chi connectivity index (χ0n) is 8.73. The summed E-state index contributed by atoms with van der Waals surface area (Å²) in [4.78, 5) is 10.4. The van der Waals surface area contributed by atoms with Crippen LogP contribution in [0.5, 0.6) is 0 Å². The van der Waals surface area contributed by atoms with Crippen LogP contribution in [0.4, 0.5) is 0 Å². The van der Waals surface area contributed by atoms with E-state index in [0.29, 0.717) is 12.2 Å². The zero-order valence-corrected chi connectivity index (χ0v) is 8.73. The Balaban J connectivity index is 2.66. The highest BCUT2D eigenvalue weighted by atomic mass is 16.7.